The van der Waals surface area contributed by atoms with Crippen LogP contribution >= 0.6 is 15.9 Å². The number of hydrogen-bond donors (Lipinski definition) is 0. The summed E-state index contributed by atoms with van der Waals surface area (Å²) in [7, 11) is 0. The minimum absolute atomic E-state index is 0.00644. The second-order valence-corrected chi connectivity index (χ2v) is 5.73. The van der Waals surface area contributed by atoms with E-state index in [0.717, 1.165) is 16.5 Å². The Hall–Kier alpha value is -1.87. The summed E-state index contributed by atoms with van der Waals surface area (Å²) in [5.41, 5.74) is 3.27. The van der Waals surface area contributed by atoms with Crippen molar-refractivity contribution in [3.05, 3.63) is 80.6 Å². The summed E-state index contributed by atoms with van der Waals surface area (Å²) in [6.07, 6.45) is 0. The van der Waals surface area contributed by atoms with Gasteiger partial charge in [-0.15, -0.1) is 0 Å². The third kappa shape index (κ3) is 2.29. The average Bonchev–Trinajstić information content (AvgIpc) is 2.46. The molecule has 0 atom stereocenters. The van der Waals surface area contributed by atoms with Crippen LogP contribution in [0.4, 0.5) is 0 Å². The fourth-order valence-corrected chi connectivity index (χ4v) is 2.88. The molecule has 0 unspecified atom stereocenters. The summed E-state index contributed by atoms with van der Waals surface area (Å²) < 4.78 is 2.43. The molecule has 2 nitrogen and oxygen atoms in total. The fourth-order valence-electron chi connectivity index (χ4n) is 2.44. The Balaban J connectivity index is 2.26. The highest BCUT2D eigenvalue weighted by atomic mass is 79.9. The van der Waals surface area contributed by atoms with Crippen molar-refractivity contribution in [1.82, 2.24) is 4.57 Å². The van der Waals surface area contributed by atoms with Crippen LogP contribution in [0, 0.1) is 6.92 Å². The lowest BCUT2D eigenvalue weighted by Gasteiger charge is -2.12. The van der Waals surface area contributed by atoms with Crippen molar-refractivity contribution in [2.24, 2.45) is 0 Å². The minimum Gasteiger partial charge on any atom is -0.303 e. The van der Waals surface area contributed by atoms with E-state index in [9.17, 15) is 4.79 Å². The van der Waals surface area contributed by atoms with Crippen LogP contribution in [0.2, 0.25) is 0 Å². The van der Waals surface area contributed by atoms with E-state index in [1.807, 2.05) is 53.1 Å². The van der Waals surface area contributed by atoms with Gasteiger partial charge in [-0.25, -0.2) is 0 Å². The predicted molar refractivity (Wildman–Crippen MR) is 86.2 cm³/mol. The van der Waals surface area contributed by atoms with Gasteiger partial charge in [0.25, 0.3) is 5.56 Å². The lowest BCUT2D eigenvalue weighted by molar-refractivity contribution is 0.790. The smallest absolute Gasteiger partial charge is 0.265 e. The Morgan fingerprint density at radius 3 is 2.55 bits per heavy atom. The van der Waals surface area contributed by atoms with E-state index in [4.69, 9.17) is 0 Å². The number of aryl methyl sites for hydroxylation is 1. The highest BCUT2D eigenvalue weighted by Gasteiger charge is 2.09. The Morgan fingerprint density at radius 2 is 1.80 bits per heavy atom. The third-order valence-corrected chi connectivity index (χ3v) is 4.06. The van der Waals surface area contributed by atoms with Crippen molar-refractivity contribution in [3.63, 3.8) is 0 Å². The molecule has 0 spiro atoms. The number of nitrogens with zero attached hydrogens (tertiary/aromatic N) is 1. The number of rotatable bonds is 2. The molecule has 0 aliphatic rings. The lowest BCUT2D eigenvalue weighted by atomic mass is 10.1. The maximum Gasteiger partial charge on any atom is 0.265 e. The number of aromatic nitrogens is 1. The number of halogens is 1. The summed E-state index contributed by atoms with van der Waals surface area (Å²) in [5, 5.41) is 1.11. The maximum absolute atomic E-state index is 12.4. The standard InChI is InChI=1S/C17H14BrNO/c1-12-6-5-9-16-14(12)10-15(18)17(20)19(16)11-13-7-3-2-4-8-13/h2-10H,11H2,1H3. The summed E-state index contributed by atoms with van der Waals surface area (Å²) in [6.45, 7) is 2.64. The second kappa shape index (κ2) is 5.25. The molecule has 100 valence electrons. The molecule has 0 fully saturated rings. The Labute approximate surface area is 125 Å². The summed E-state index contributed by atoms with van der Waals surface area (Å²) in [4.78, 5) is 12.4. The highest BCUT2D eigenvalue weighted by molar-refractivity contribution is 9.10. The van der Waals surface area contributed by atoms with Crippen molar-refractivity contribution < 1.29 is 0 Å². The quantitative estimate of drug-likeness (QED) is 0.694. The molecule has 0 saturated heterocycles. The monoisotopic (exact) mass is 327 g/mol. The molecule has 1 heterocycles. The molecule has 0 saturated carbocycles. The molecule has 0 aliphatic carbocycles. The SMILES string of the molecule is Cc1cccc2c1cc(Br)c(=O)n2Cc1ccccc1. The van der Waals surface area contributed by atoms with E-state index in [2.05, 4.69) is 28.9 Å². The maximum atomic E-state index is 12.4. The van der Waals surface area contributed by atoms with Gasteiger partial charge in [-0.1, -0.05) is 42.5 Å². The first-order valence-electron chi connectivity index (χ1n) is 6.49. The molecule has 3 rings (SSSR count). The zero-order chi connectivity index (χ0) is 14.1. The molecule has 0 bridgehead atoms. The molecule has 0 radical (unpaired) electrons. The van der Waals surface area contributed by atoms with E-state index >= 15 is 0 Å². The van der Waals surface area contributed by atoms with E-state index in [0.29, 0.717) is 11.0 Å². The van der Waals surface area contributed by atoms with Crippen molar-refractivity contribution >= 4 is 26.8 Å². The van der Waals surface area contributed by atoms with Crippen LogP contribution < -0.4 is 5.56 Å². The van der Waals surface area contributed by atoms with Gasteiger partial charge in [-0.3, -0.25) is 4.79 Å². The van der Waals surface area contributed by atoms with Crippen LogP contribution in [0.5, 0.6) is 0 Å². The van der Waals surface area contributed by atoms with E-state index < -0.39 is 0 Å². The zero-order valence-corrected chi connectivity index (χ0v) is 12.7. The first-order chi connectivity index (χ1) is 9.66. The average molecular weight is 328 g/mol. The second-order valence-electron chi connectivity index (χ2n) is 4.88. The van der Waals surface area contributed by atoms with Gasteiger partial charge in [-0.05, 0) is 46.1 Å². The molecule has 0 amide bonds. The number of pyridine rings is 1. The first kappa shape index (κ1) is 13.1. The molecule has 0 N–H and O–H groups in total. The predicted octanol–water partition coefficient (Wildman–Crippen LogP) is 4.12. The summed E-state index contributed by atoms with van der Waals surface area (Å²) in [6, 6.07) is 18.0. The van der Waals surface area contributed by atoms with E-state index in [1.165, 1.54) is 5.56 Å². The Kier molecular flexibility index (Phi) is 3.45. The molecule has 3 heteroatoms. The zero-order valence-electron chi connectivity index (χ0n) is 11.1. The summed E-state index contributed by atoms with van der Waals surface area (Å²) in [5.74, 6) is 0. The number of fused-ring (bicyclic) bond motifs is 1. The highest BCUT2D eigenvalue weighted by Crippen LogP contribution is 2.21. The van der Waals surface area contributed by atoms with Crippen LogP contribution in [0.3, 0.4) is 0 Å². The normalized spacial score (nSPS) is 10.9. The van der Waals surface area contributed by atoms with Gasteiger partial charge < -0.3 is 4.57 Å². The van der Waals surface area contributed by atoms with Crippen molar-refractivity contribution in [2.75, 3.05) is 0 Å². The third-order valence-electron chi connectivity index (χ3n) is 3.50. The van der Waals surface area contributed by atoms with Crippen molar-refractivity contribution in [1.29, 1.82) is 0 Å². The molecule has 20 heavy (non-hydrogen) atoms. The van der Waals surface area contributed by atoms with Gasteiger partial charge in [0.2, 0.25) is 0 Å². The van der Waals surface area contributed by atoms with Gasteiger partial charge in [0, 0.05) is 5.39 Å². The van der Waals surface area contributed by atoms with Crippen molar-refractivity contribution in [2.45, 2.75) is 13.5 Å². The van der Waals surface area contributed by atoms with Gasteiger partial charge in [-0.2, -0.15) is 0 Å². The largest absolute Gasteiger partial charge is 0.303 e. The molecule has 2 aromatic carbocycles. The van der Waals surface area contributed by atoms with Crippen LogP contribution in [0.1, 0.15) is 11.1 Å². The Morgan fingerprint density at radius 1 is 1.05 bits per heavy atom. The first-order valence-corrected chi connectivity index (χ1v) is 7.29. The molecule has 1 aromatic heterocycles. The van der Waals surface area contributed by atoms with E-state index in [-0.39, 0.29) is 5.56 Å². The van der Waals surface area contributed by atoms with Gasteiger partial charge >= 0.3 is 0 Å². The lowest BCUT2D eigenvalue weighted by Crippen LogP contribution is -2.21. The van der Waals surface area contributed by atoms with Gasteiger partial charge in [0.15, 0.2) is 0 Å². The van der Waals surface area contributed by atoms with Gasteiger partial charge in [0.1, 0.15) is 0 Å². The fraction of sp³-hybridized carbons (Fsp3) is 0.118. The van der Waals surface area contributed by atoms with Crippen LogP contribution in [0.15, 0.2) is 63.9 Å². The molecular formula is C17H14BrNO. The van der Waals surface area contributed by atoms with Crippen LogP contribution in [0.25, 0.3) is 10.9 Å². The topological polar surface area (TPSA) is 22.0 Å². The Bertz CT molecular complexity index is 822. The summed E-state index contributed by atoms with van der Waals surface area (Å²) >= 11 is 3.38. The number of benzene rings is 2. The molecule has 0 aliphatic heterocycles. The molecule has 3 aromatic rings. The van der Waals surface area contributed by atoms with E-state index in [1.54, 1.807) is 0 Å². The van der Waals surface area contributed by atoms with Crippen molar-refractivity contribution in [3.8, 4) is 0 Å². The molecular weight excluding hydrogens is 314 g/mol. The number of hydrogen-bond acceptors (Lipinski definition) is 1. The van der Waals surface area contributed by atoms with Crippen LogP contribution in [-0.4, -0.2) is 4.57 Å². The van der Waals surface area contributed by atoms with Crippen LogP contribution in [-0.2, 0) is 6.54 Å². The van der Waals surface area contributed by atoms with Gasteiger partial charge in [0.05, 0.1) is 16.5 Å². The minimum atomic E-state index is 0.00644.